The molecule has 1 aliphatic heterocycles. The molecule has 0 bridgehead atoms. The van der Waals surface area contributed by atoms with E-state index in [0.717, 1.165) is 23.2 Å². The van der Waals surface area contributed by atoms with E-state index in [1.165, 1.54) is 0 Å². The highest BCUT2D eigenvalue weighted by molar-refractivity contribution is 6.01. The minimum atomic E-state index is -0.399. The Kier molecular flexibility index (Phi) is 4.49. The summed E-state index contributed by atoms with van der Waals surface area (Å²) in [6, 6.07) is 10.9. The number of carbonyl (C=O) groups excluding carboxylic acids is 2. The SMILES string of the molecule is CCC(C)c1cc(C2Nc3ccccc3C(=O)N2C)cc(C=O)c1O. The lowest BCUT2D eigenvalue weighted by molar-refractivity contribution is 0.0735. The third kappa shape index (κ3) is 2.86. The summed E-state index contributed by atoms with van der Waals surface area (Å²) in [6.07, 6.45) is 1.10. The van der Waals surface area contributed by atoms with Crippen molar-refractivity contribution < 1.29 is 14.7 Å². The number of hydrogen-bond acceptors (Lipinski definition) is 4. The van der Waals surface area contributed by atoms with Crippen molar-refractivity contribution in [3.63, 3.8) is 0 Å². The normalized spacial score (nSPS) is 17.6. The van der Waals surface area contributed by atoms with Gasteiger partial charge in [0.25, 0.3) is 5.91 Å². The molecule has 3 rings (SSSR count). The summed E-state index contributed by atoms with van der Waals surface area (Å²) in [5.74, 6) is 0.0546. The van der Waals surface area contributed by atoms with Crippen molar-refractivity contribution in [3.8, 4) is 5.75 Å². The topological polar surface area (TPSA) is 69.6 Å². The lowest BCUT2D eigenvalue weighted by atomic mass is 9.92. The predicted molar refractivity (Wildman–Crippen MR) is 97.1 cm³/mol. The number of anilines is 1. The molecule has 5 heteroatoms. The number of phenols is 1. The Labute approximate surface area is 147 Å². The van der Waals surface area contributed by atoms with Crippen LogP contribution in [0, 0.1) is 0 Å². The molecule has 2 N–H and O–H groups in total. The first-order chi connectivity index (χ1) is 12.0. The van der Waals surface area contributed by atoms with E-state index in [9.17, 15) is 14.7 Å². The first-order valence-corrected chi connectivity index (χ1v) is 8.42. The largest absolute Gasteiger partial charge is 0.507 e. The summed E-state index contributed by atoms with van der Waals surface area (Å²) >= 11 is 0. The Balaban J connectivity index is 2.10. The van der Waals surface area contributed by atoms with E-state index in [1.54, 1.807) is 24.1 Å². The number of benzene rings is 2. The molecule has 2 atom stereocenters. The van der Waals surface area contributed by atoms with Crippen molar-refractivity contribution in [3.05, 3.63) is 58.7 Å². The summed E-state index contributed by atoms with van der Waals surface area (Å²) in [7, 11) is 1.73. The molecule has 1 aliphatic rings. The molecule has 0 aromatic heterocycles. The van der Waals surface area contributed by atoms with Gasteiger partial charge in [-0.25, -0.2) is 0 Å². The molecule has 0 saturated carbocycles. The molecule has 0 aliphatic carbocycles. The van der Waals surface area contributed by atoms with Crippen LogP contribution in [-0.2, 0) is 0 Å². The molecule has 25 heavy (non-hydrogen) atoms. The predicted octanol–water partition coefficient (Wildman–Crippen LogP) is 3.91. The fraction of sp³-hybridized carbons (Fsp3) is 0.300. The summed E-state index contributed by atoms with van der Waals surface area (Å²) in [6.45, 7) is 4.04. The molecule has 0 saturated heterocycles. The molecule has 0 spiro atoms. The van der Waals surface area contributed by atoms with Gasteiger partial charge in [0.1, 0.15) is 11.9 Å². The van der Waals surface area contributed by atoms with Gasteiger partial charge in [-0.1, -0.05) is 26.0 Å². The number of fused-ring (bicyclic) bond motifs is 1. The first-order valence-electron chi connectivity index (χ1n) is 8.42. The molecule has 5 nitrogen and oxygen atoms in total. The average molecular weight is 338 g/mol. The third-order valence-electron chi connectivity index (χ3n) is 4.93. The van der Waals surface area contributed by atoms with Crippen molar-refractivity contribution in [2.45, 2.75) is 32.4 Å². The van der Waals surface area contributed by atoms with Crippen LogP contribution in [0.2, 0.25) is 0 Å². The van der Waals surface area contributed by atoms with E-state index in [1.807, 2.05) is 38.1 Å². The smallest absolute Gasteiger partial charge is 0.257 e. The highest BCUT2D eigenvalue weighted by atomic mass is 16.3. The Bertz CT molecular complexity index is 832. The molecule has 2 aromatic carbocycles. The van der Waals surface area contributed by atoms with Gasteiger partial charge < -0.3 is 15.3 Å². The number of aromatic hydroxyl groups is 1. The molecular formula is C20H22N2O3. The number of rotatable bonds is 4. The zero-order valence-corrected chi connectivity index (χ0v) is 14.6. The molecule has 1 amide bonds. The van der Waals surface area contributed by atoms with E-state index < -0.39 is 6.17 Å². The number of nitrogens with zero attached hydrogens (tertiary/aromatic N) is 1. The minimum absolute atomic E-state index is 0.0262. The van der Waals surface area contributed by atoms with Crippen molar-refractivity contribution in [2.24, 2.45) is 0 Å². The van der Waals surface area contributed by atoms with Crippen LogP contribution in [0.5, 0.6) is 5.75 Å². The number of carbonyl (C=O) groups is 2. The lowest BCUT2D eigenvalue weighted by Crippen LogP contribution is -2.40. The summed E-state index contributed by atoms with van der Waals surface area (Å²) in [4.78, 5) is 25.7. The van der Waals surface area contributed by atoms with E-state index in [0.29, 0.717) is 11.8 Å². The van der Waals surface area contributed by atoms with Crippen molar-refractivity contribution >= 4 is 17.9 Å². The minimum Gasteiger partial charge on any atom is -0.507 e. The third-order valence-corrected chi connectivity index (χ3v) is 4.93. The molecule has 0 fully saturated rings. The maximum absolute atomic E-state index is 12.7. The fourth-order valence-corrected chi connectivity index (χ4v) is 3.20. The van der Waals surface area contributed by atoms with Crippen LogP contribution in [0.3, 0.4) is 0 Å². The van der Waals surface area contributed by atoms with Gasteiger partial charge in [0.2, 0.25) is 0 Å². The van der Waals surface area contributed by atoms with Gasteiger partial charge in [-0.2, -0.15) is 0 Å². The number of phenolic OH excluding ortho intramolecular Hbond substituents is 1. The highest BCUT2D eigenvalue weighted by Gasteiger charge is 2.31. The van der Waals surface area contributed by atoms with Crippen LogP contribution in [0.4, 0.5) is 5.69 Å². The second-order valence-corrected chi connectivity index (χ2v) is 6.48. The van der Waals surface area contributed by atoms with Gasteiger partial charge in [-0.3, -0.25) is 9.59 Å². The van der Waals surface area contributed by atoms with Crippen LogP contribution in [0.1, 0.15) is 64.2 Å². The average Bonchev–Trinajstić information content (AvgIpc) is 2.64. The molecule has 0 radical (unpaired) electrons. The zero-order chi connectivity index (χ0) is 18.1. The fourth-order valence-electron chi connectivity index (χ4n) is 3.20. The van der Waals surface area contributed by atoms with Crippen LogP contribution >= 0.6 is 0 Å². The van der Waals surface area contributed by atoms with Crippen molar-refractivity contribution in [1.82, 2.24) is 4.90 Å². The van der Waals surface area contributed by atoms with E-state index in [4.69, 9.17) is 0 Å². The molecule has 2 unspecified atom stereocenters. The van der Waals surface area contributed by atoms with Gasteiger partial charge in [-0.15, -0.1) is 0 Å². The summed E-state index contributed by atoms with van der Waals surface area (Å²) in [5.41, 5.74) is 3.14. The first kappa shape index (κ1) is 17.0. The molecule has 130 valence electrons. The van der Waals surface area contributed by atoms with Crippen molar-refractivity contribution in [1.29, 1.82) is 0 Å². The van der Waals surface area contributed by atoms with Crippen LogP contribution in [0.15, 0.2) is 36.4 Å². The zero-order valence-electron chi connectivity index (χ0n) is 14.6. The van der Waals surface area contributed by atoms with Crippen LogP contribution < -0.4 is 5.32 Å². The lowest BCUT2D eigenvalue weighted by Gasteiger charge is -2.36. The Morgan fingerprint density at radius 3 is 2.72 bits per heavy atom. The van der Waals surface area contributed by atoms with Gasteiger partial charge in [0.15, 0.2) is 6.29 Å². The number of amides is 1. The highest BCUT2D eigenvalue weighted by Crippen LogP contribution is 2.37. The number of nitrogens with one attached hydrogen (secondary N) is 1. The maximum Gasteiger partial charge on any atom is 0.257 e. The summed E-state index contributed by atoms with van der Waals surface area (Å²) < 4.78 is 0. The van der Waals surface area contributed by atoms with Gasteiger partial charge >= 0.3 is 0 Å². The molecule has 2 aromatic rings. The Morgan fingerprint density at radius 2 is 2.04 bits per heavy atom. The maximum atomic E-state index is 12.7. The van der Waals surface area contributed by atoms with Gasteiger partial charge in [-0.05, 0) is 47.7 Å². The van der Waals surface area contributed by atoms with Crippen LogP contribution in [-0.4, -0.2) is 29.2 Å². The number of aldehydes is 1. The number of hydrogen-bond donors (Lipinski definition) is 2. The monoisotopic (exact) mass is 338 g/mol. The van der Waals surface area contributed by atoms with Gasteiger partial charge in [0, 0.05) is 12.7 Å². The Morgan fingerprint density at radius 1 is 1.32 bits per heavy atom. The molecular weight excluding hydrogens is 316 g/mol. The van der Waals surface area contributed by atoms with E-state index >= 15 is 0 Å². The quantitative estimate of drug-likeness (QED) is 0.829. The molecule has 1 heterocycles. The Hall–Kier alpha value is -2.82. The van der Waals surface area contributed by atoms with Crippen LogP contribution in [0.25, 0.3) is 0 Å². The van der Waals surface area contributed by atoms with Gasteiger partial charge in [0.05, 0.1) is 11.1 Å². The van der Waals surface area contributed by atoms with E-state index in [2.05, 4.69) is 5.32 Å². The second kappa shape index (κ2) is 6.59. The standard InChI is InChI=1S/C20H22N2O3/c1-4-12(2)16-10-13(9-14(11-23)18(16)24)19-21-17-8-6-5-7-15(17)20(25)22(19)3/h5-12,19,21,24H,4H2,1-3H3. The summed E-state index contributed by atoms with van der Waals surface area (Å²) in [5, 5.41) is 13.7. The second-order valence-electron chi connectivity index (χ2n) is 6.48. The van der Waals surface area contributed by atoms with Crippen molar-refractivity contribution in [2.75, 3.05) is 12.4 Å². The van der Waals surface area contributed by atoms with E-state index in [-0.39, 0.29) is 23.1 Å². The number of para-hydroxylation sites is 1.